The number of para-hydroxylation sites is 1. The molecule has 2 rings (SSSR count). The third-order valence-electron chi connectivity index (χ3n) is 3.37. The van der Waals surface area contributed by atoms with Crippen LogP contribution in [0.5, 0.6) is 0 Å². The van der Waals surface area contributed by atoms with Crippen molar-refractivity contribution in [3.8, 4) is 0 Å². The highest BCUT2D eigenvalue weighted by molar-refractivity contribution is 5.97. The molecule has 1 aliphatic heterocycles. The molecule has 1 aliphatic rings. The Morgan fingerprint density at radius 3 is 2.50 bits per heavy atom. The molecule has 1 aromatic rings. The summed E-state index contributed by atoms with van der Waals surface area (Å²) >= 11 is 0. The van der Waals surface area contributed by atoms with Crippen molar-refractivity contribution in [1.82, 2.24) is 4.90 Å². The van der Waals surface area contributed by atoms with Gasteiger partial charge in [-0.3, -0.25) is 10.2 Å². The second-order valence-corrected chi connectivity index (χ2v) is 5.16. The largest absolute Gasteiger partial charge is 1.00 e. The summed E-state index contributed by atoms with van der Waals surface area (Å²) in [4.78, 5) is 16.2. The van der Waals surface area contributed by atoms with E-state index in [-0.39, 0.29) is 24.4 Å². The van der Waals surface area contributed by atoms with Gasteiger partial charge in [-0.1, -0.05) is 18.2 Å². The molecule has 0 radical (unpaired) electrons. The second-order valence-electron chi connectivity index (χ2n) is 5.16. The van der Waals surface area contributed by atoms with E-state index in [1.165, 1.54) is 0 Å². The summed E-state index contributed by atoms with van der Waals surface area (Å²) < 4.78 is 0. The molecule has 0 unspecified atom stereocenters. The van der Waals surface area contributed by atoms with E-state index in [2.05, 4.69) is 0 Å². The molecular formula is C15H21ClN3O-. The van der Waals surface area contributed by atoms with Crippen LogP contribution in [0.4, 0.5) is 5.69 Å². The number of halogens is 1. The maximum atomic E-state index is 12.5. The number of hydrogen-bond acceptors (Lipinski definition) is 2. The summed E-state index contributed by atoms with van der Waals surface area (Å²) in [6.07, 6.45) is 1.78. The van der Waals surface area contributed by atoms with Crippen LogP contribution in [0.25, 0.3) is 0 Å². The molecule has 1 aromatic carbocycles. The minimum atomic E-state index is 0. The van der Waals surface area contributed by atoms with Crippen LogP contribution in [-0.4, -0.2) is 35.8 Å². The summed E-state index contributed by atoms with van der Waals surface area (Å²) in [7, 11) is 0. The fourth-order valence-corrected chi connectivity index (χ4v) is 2.46. The van der Waals surface area contributed by atoms with Crippen LogP contribution in [0.15, 0.2) is 30.3 Å². The third-order valence-corrected chi connectivity index (χ3v) is 3.37. The summed E-state index contributed by atoms with van der Waals surface area (Å²) in [6, 6.07) is 9.85. The van der Waals surface area contributed by atoms with Crippen LogP contribution in [0.2, 0.25) is 0 Å². The van der Waals surface area contributed by atoms with Gasteiger partial charge in [-0.25, -0.2) is 0 Å². The molecule has 110 valence electrons. The zero-order valence-corrected chi connectivity index (χ0v) is 12.7. The van der Waals surface area contributed by atoms with E-state index in [1.54, 1.807) is 0 Å². The zero-order chi connectivity index (χ0) is 13.8. The first kappa shape index (κ1) is 16.5. The second kappa shape index (κ2) is 7.29. The number of likely N-dealkylation sites (tertiary alicyclic amines) is 1. The minimum Gasteiger partial charge on any atom is -1.00 e. The van der Waals surface area contributed by atoms with Gasteiger partial charge in [0.1, 0.15) is 0 Å². The van der Waals surface area contributed by atoms with Gasteiger partial charge in [0.2, 0.25) is 5.91 Å². The van der Waals surface area contributed by atoms with Gasteiger partial charge in [-0.15, -0.1) is 0 Å². The van der Waals surface area contributed by atoms with E-state index in [9.17, 15) is 4.79 Å². The molecule has 0 atom stereocenters. The highest BCUT2D eigenvalue weighted by atomic mass is 35.5. The lowest BCUT2D eigenvalue weighted by molar-refractivity contribution is -0.119. The van der Waals surface area contributed by atoms with Crippen molar-refractivity contribution in [3.05, 3.63) is 30.3 Å². The third kappa shape index (κ3) is 3.73. The van der Waals surface area contributed by atoms with Crippen molar-refractivity contribution in [3.63, 3.8) is 0 Å². The molecule has 0 bridgehead atoms. The van der Waals surface area contributed by atoms with Crippen LogP contribution in [-0.2, 0) is 4.79 Å². The molecule has 4 nitrogen and oxygen atoms in total. The van der Waals surface area contributed by atoms with Gasteiger partial charge in [0.05, 0.1) is 12.4 Å². The number of amidine groups is 1. The number of amides is 1. The Kier molecular flexibility index (Phi) is 6.02. The number of hydrogen-bond donors (Lipinski definition) is 1. The van der Waals surface area contributed by atoms with Gasteiger partial charge in [0.15, 0.2) is 0 Å². The Bertz CT molecular complexity index is 461. The van der Waals surface area contributed by atoms with Crippen molar-refractivity contribution in [2.75, 3.05) is 18.0 Å². The normalized spacial score (nSPS) is 14.3. The lowest BCUT2D eigenvalue weighted by Crippen LogP contribution is -3.00. The lowest BCUT2D eigenvalue weighted by atomic mass is 10.2. The van der Waals surface area contributed by atoms with Crippen molar-refractivity contribution in [1.29, 1.82) is 5.41 Å². The monoisotopic (exact) mass is 294 g/mol. The molecule has 0 saturated carbocycles. The Hall–Kier alpha value is -1.55. The number of rotatable bonds is 4. The molecule has 0 spiro atoms. The highest BCUT2D eigenvalue weighted by Gasteiger charge is 2.24. The molecule has 1 saturated heterocycles. The number of nitrogens with zero attached hydrogens (tertiary/aromatic N) is 2. The van der Waals surface area contributed by atoms with Crippen molar-refractivity contribution in [2.24, 2.45) is 0 Å². The fourth-order valence-electron chi connectivity index (χ4n) is 2.46. The Labute approximate surface area is 126 Å². The number of carbonyl (C=O) groups is 1. The Morgan fingerprint density at radius 2 is 2.00 bits per heavy atom. The molecule has 0 aliphatic carbocycles. The minimum absolute atomic E-state index is 0. The van der Waals surface area contributed by atoms with Crippen molar-refractivity contribution < 1.29 is 17.2 Å². The van der Waals surface area contributed by atoms with Gasteiger partial charge < -0.3 is 22.2 Å². The first-order chi connectivity index (χ1) is 9.09. The van der Waals surface area contributed by atoms with E-state index in [1.807, 2.05) is 54.0 Å². The summed E-state index contributed by atoms with van der Waals surface area (Å²) in [6.45, 7) is 5.16. The Morgan fingerprint density at radius 1 is 1.35 bits per heavy atom. The molecule has 20 heavy (non-hydrogen) atoms. The molecule has 0 aromatic heterocycles. The van der Waals surface area contributed by atoms with Crippen molar-refractivity contribution in [2.45, 2.75) is 32.7 Å². The van der Waals surface area contributed by atoms with Crippen LogP contribution in [0.3, 0.4) is 0 Å². The fraction of sp³-hybridized carbons (Fsp3) is 0.467. The van der Waals surface area contributed by atoms with Crippen LogP contribution >= 0.6 is 0 Å². The summed E-state index contributed by atoms with van der Waals surface area (Å²) in [5, 5.41) is 7.81. The maximum absolute atomic E-state index is 12.5. The van der Waals surface area contributed by atoms with E-state index in [4.69, 9.17) is 5.41 Å². The molecular weight excluding hydrogens is 274 g/mol. The first-order valence-corrected chi connectivity index (χ1v) is 6.79. The molecule has 1 heterocycles. The number of benzene rings is 1. The number of nitrogens with one attached hydrogen (secondary N) is 1. The zero-order valence-electron chi connectivity index (χ0n) is 12.0. The predicted octanol–water partition coefficient (Wildman–Crippen LogP) is -0.495. The van der Waals surface area contributed by atoms with Gasteiger partial charge in [-0.05, 0) is 32.4 Å². The van der Waals surface area contributed by atoms with Gasteiger partial charge in [0, 0.05) is 24.7 Å². The molecule has 1 amide bonds. The van der Waals surface area contributed by atoms with Crippen molar-refractivity contribution >= 4 is 17.4 Å². The lowest BCUT2D eigenvalue weighted by Gasteiger charge is -2.29. The Balaban J connectivity index is 0.00000200. The maximum Gasteiger partial charge on any atom is 0.246 e. The highest BCUT2D eigenvalue weighted by Crippen LogP contribution is 2.18. The topological polar surface area (TPSA) is 47.4 Å². The van der Waals surface area contributed by atoms with E-state index < -0.39 is 0 Å². The SMILES string of the molecule is CC(C)N(C(=O)CN1CCCC1=N)c1ccccc1.[Cl-]. The van der Waals surface area contributed by atoms with Crippen LogP contribution < -0.4 is 17.3 Å². The van der Waals surface area contributed by atoms with E-state index in [0.717, 1.165) is 25.1 Å². The number of anilines is 1. The number of carbonyl (C=O) groups excluding carboxylic acids is 1. The van der Waals surface area contributed by atoms with Crippen LogP contribution in [0.1, 0.15) is 26.7 Å². The standard InChI is InChI=1S/C15H21N3O.ClH/c1-12(2)18(13-7-4-3-5-8-13)15(19)11-17-10-6-9-14(17)16;/h3-5,7-8,12,16H,6,9-11H2,1-2H3;1H/p-1. The average Bonchev–Trinajstić information content (AvgIpc) is 2.76. The van der Waals surface area contributed by atoms with Gasteiger partial charge >= 0.3 is 0 Å². The van der Waals surface area contributed by atoms with Gasteiger partial charge in [-0.2, -0.15) is 0 Å². The van der Waals surface area contributed by atoms with Gasteiger partial charge in [0.25, 0.3) is 0 Å². The molecule has 5 heteroatoms. The quantitative estimate of drug-likeness (QED) is 0.814. The molecule has 1 N–H and O–H groups in total. The summed E-state index contributed by atoms with van der Waals surface area (Å²) in [5.74, 6) is 0.651. The summed E-state index contributed by atoms with van der Waals surface area (Å²) in [5.41, 5.74) is 0.924. The smallest absolute Gasteiger partial charge is 0.246 e. The van der Waals surface area contributed by atoms with E-state index >= 15 is 0 Å². The average molecular weight is 295 g/mol. The molecule has 1 fully saturated rings. The van der Waals surface area contributed by atoms with E-state index in [0.29, 0.717) is 12.4 Å². The first-order valence-electron chi connectivity index (χ1n) is 6.79. The predicted molar refractivity (Wildman–Crippen MR) is 77.6 cm³/mol. The van der Waals surface area contributed by atoms with Crippen LogP contribution in [0, 0.1) is 5.41 Å².